The van der Waals surface area contributed by atoms with Crippen molar-refractivity contribution in [2.75, 3.05) is 37.9 Å². The van der Waals surface area contributed by atoms with E-state index in [1.54, 1.807) is 0 Å². The fraction of sp³-hybridized carbons (Fsp3) is 0.444. The number of hydrogen-bond donors (Lipinski definition) is 3. The van der Waals surface area contributed by atoms with E-state index in [9.17, 15) is 9.59 Å². The number of urea groups is 1. The average molecular weight is 518 g/mol. The van der Waals surface area contributed by atoms with Crippen LogP contribution in [0.5, 0.6) is 11.5 Å². The Balaban J connectivity index is 1.23. The van der Waals surface area contributed by atoms with Crippen molar-refractivity contribution in [1.29, 1.82) is 0 Å². The molecule has 0 aliphatic carbocycles. The Morgan fingerprint density at radius 3 is 2.71 bits per heavy atom. The number of amidine groups is 1. The Morgan fingerprint density at radius 1 is 1.16 bits per heavy atom. The number of hydrazone groups is 1. The Kier molecular flexibility index (Phi) is 5.19. The Bertz CT molecular complexity index is 1350. The average Bonchev–Trinajstić information content (AvgIpc) is 3.63. The molecule has 198 valence electrons. The van der Waals surface area contributed by atoms with Gasteiger partial charge in [-0.15, -0.1) is 10.6 Å². The van der Waals surface area contributed by atoms with E-state index in [1.807, 2.05) is 59.0 Å². The molecule has 0 radical (unpaired) electrons. The normalized spacial score (nSPS) is 23.4. The molecule has 2 aromatic rings. The molecule has 11 heteroatoms. The fourth-order valence-corrected chi connectivity index (χ4v) is 6.41. The van der Waals surface area contributed by atoms with Crippen molar-refractivity contribution in [3.05, 3.63) is 53.1 Å². The molecule has 38 heavy (non-hydrogen) atoms. The van der Waals surface area contributed by atoms with Gasteiger partial charge in [-0.05, 0) is 61.9 Å². The number of nitrogens with one attached hydrogen (secondary N) is 3. The van der Waals surface area contributed by atoms with Crippen molar-refractivity contribution >= 4 is 23.5 Å². The number of likely N-dealkylation sites (tertiary alicyclic amines) is 1. The highest BCUT2D eigenvalue weighted by molar-refractivity contribution is 6.15. The molecule has 5 heterocycles. The van der Waals surface area contributed by atoms with Crippen molar-refractivity contribution in [3.8, 4) is 11.5 Å². The summed E-state index contributed by atoms with van der Waals surface area (Å²) >= 11 is 0. The number of hydrogen-bond acceptors (Lipinski definition) is 8. The van der Waals surface area contributed by atoms with Gasteiger partial charge in [-0.1, -0.05) is 18.2 Å². The molecule has 1 spiro atoms. The van der Waals surface area contributed by atoms with E-state index in [0.29, 0.717) is 43.6 Å². The molecule has 0 bridgehead atoms. The Hall–Kier alpha value is -3.99. The zero-order valence-electron chi connectivity index (χ0n) is 21.5. The van der Waals surface area contributed by atoms with Crippen LogP contribution in [0, 0.1) is 5.92 Å². The summed E-state index contributed by atoms with van der Waals surface area (Å²) in [7, 11) is 0. The fourth-order valence-electron chi connectivity index (χ4n) is 6.41. The van der Waals surface area contributed by atoms with Gasteiger partial charge in [-0.25, -0.2) is 10.3 Å². The molecule has 2 aromatic carbocycles. The second kappa shape index (κ2) is 8.52. The van der Waals surface area contributed by atoms with Crippen LogP contribution in [0.15, 0.2) is 41.5 Å². The Labute approximate surface area is 220 Å². The van der Waals surface area contributed by atoms with Crippen molar-refractivity contribution in [2.24, 2.45) is 11.0 Å². The largest absolute Gasteiger partial charge is 0.454 e. The molecule has 5 aliphatic heterocycles. The van der Waals surface area contributed by atoms with Crippen LogP contribution < -0.4 is 30.8 Å². The molecular formula is C27H31N7O4. The van der Waals surface area contributed by atoms with E-state index in [2.05, 4.69) is 27.6 Å². The number of rotatable bonds is 3. The number of ether oxygens (including phenoxy) is 2. The van der Waals surface area contributed by atoms with E-state index < -0.39 is 5.41 Å². The van der Waals surface area contributed by atoms with Crippen LogP contribution in [0.25, 0.3) is 0 Å². The monoisotopic (exact) mass is 517 g/mol. The number of carbonyl (C=O) groups is 2. The second-order valence-corrected chi connectivity index (χ2v) is 10.9. The minimum atomic E-state index is -0.928. The van der Waals surface area contributed by atoms with Crippen LogP contribution >= 0.6 is 0 Å². The molecule has 0 saturated carbocycles. The van der Waals surface area contributed by atoms with Crippen LogP contribution in [-0.2, 0) is 10.2 Å². The number of amides is 3. The summed E-state index contributed by atoms with van der Waals surface area (Å²) in [5, 5.41) is 9.31. The summed E-state index contributed by atoms with van der Waals surface area (Å²) in [6, 6.07) is 12.1. The first-order valence-corrected chi connectivity index (χ1v) is 13.2. The molecule has 11 nitrogen and oxygen atoms in total. The van der Waals surface area contributed by atoms with E-state index >= 15 is 0 Å². The topological polar surface area (TPSA) is 111 Å². The van der Waals surface area contributed by atoms with Crippen molar-refractivity contribution in [3.63, 3.8) is 0 Å². The highest BCUT2D eigenvalue weighted by Crippen LogP contribution is 2.52. The molecule has 3 amide bonds. The van der Waals surface area contributed by atoms with Gasteiger partial charge >= 0.3 is 6.03 Å². The lowest BCUT2D eigenvalue weighted by Crippen LogP contribution is -2.58. The molecule has 1 saturated heterocycles. The first kappa shape index (κ1) is 23.2. The third-order valence-corrected chi connectivity index (χ3v) is 8.23. The van der Waals surface area contributed by atoms with Crippen LogP contribution in [0.3, 0.4) is 0 Å². The first-order chi connectivity index (χ1) is 18.5. The minimum absolute atomic E-state index is 0.0123. The predicted molar refractivity (Wildman–Crippen MR) is 140 cm³/mol. The summed E-state index contributed by atoms with van der Waals surface area (Å²) in [5.74, 6) is 2.37. The van der Waals surface area contributed by atoms with Gasteiger partial charge in [-0.3, -0.25) is 9.80 Å². The number of carbonyl (C=O) groups excluding carboxylic acids is 2. The molecule has 7 rings (SSSR count). The number of piperidine rings is 1. The van der Waals surface area contributed by atoms with Crippen molar-refractivity contribution < 1.29 is 19.1 Å². The summed E-state index contributed by atoms with van der Waals surface area (Å²) in [6.45, 7) is 6.48. The van der Waals surface area contributed by atoms with E-state index in [4.69, 9.17) is 9.47 Å². The number of anilines is 1. The van der Waals surface area contributed by atoms with Crippen molar-refractivity contribution in [2.45, 2.75) is 38.1 Å². The molecular weight excluding hydrogens is 486 g/mol. The number of benzene rings is 2. The van der Waals surface area contributed by atoms with Gasteiger partial charge in [0.25, 0.3) is 0 Å². The van der Waals surface area contributed by atoms with Crippen molar-refractivity contribution in [1.82, 2.24) is 26.3 Å². The third-order valence-electron chi connectivity index (χ3n) is 8.23. The number of hydrazine groups is 2. The van der Waals surface area contributed by atoms with E-state index in [0.717, 1.165) is 41.1 Å². The SMILES string of the molecule is CC(C)NC(=O)N1CCC(CN2C(=O)C3(CN4NNN=C4c4cc5c(cc43)OCO5)c3ccccc32)CC1. The van der Waals surface area contributed by atoms with Crippen LogP contribution in [0.1, 0.15) is 43.4 Å². The van der Waals surface area contributed by atoms with Gasteiger partial charge in [0.15, 0.2) is 17.3 Å². The van der Waals surface area contributed by atoms with E-state index in [1.165, 1.54) is 0 Å². The predicted octanol–water partition coefficient (Wildman–Crippen LogP) is 1.88. The Morgan fingerprint density at radius 2 is 1.92 bits per heavy atom. The minimum Gasteiger partial charge on any atom is -0.454 e. The molecule has 1 unspecified atom stereocenters. The standard InChI is InChI=1S/C27H31N7O4/c1-16(2)28-26(36)32-9-7-17(8-10-32)13-33-21-6-4-3-5-19(21)27(25(33)35)14-34-24(29-30-31-34)18-11-22-23(12-20(18)27)38-15-37-22/h3-6,11-12,16-17,30-31H,7-10,13-15H2,1-2H3,(H,28,36). The summed E-state index contributed by atoms with van der Waals surface area (Å²) < 4.78 is 11.4. The van der Waals surface area contributed by atoms with Gasteiger partial charge in [-0.2, -0.15) is 0 Å². The second-order valence-electron chi connectivity index (χ2n) is 10.9. The summed E-state index contributed by atoms with van der Waals surface area (Å²) in [4.78, 5) is 30.9. The zero-order valence-corrected chi connectivity index (χ0v) is 21.5. The highest BCUT2D eigenvalue weighted by Gasteiger charge is 2.58. The maximum absolute atomic E-state index is 14.6. The van der Waals surface area contributed by atoms with Gasteiger partial charge in [0.2, 0.25) is 12.7 Å². The first-order valence-electron chi connectivity index (χ1n) is 13.2. The molecule has 1 fully saturated rings. The van der Waals surface area contributed by atoms with Crippen LogP contribution in [0.2, 0.25) is 0 Å². The van der Waals surface area contributed by atoms with Gasteiger partial charge in [0.1, 0.15) is 5.41 Å². The number of fused-ring (bicyclic) bond motifs is 7. The van der Waals surface area contributed by atoms with Gasteiger partial charge in [0.05, 0.1) is 6.54 Å². The van der Waals surface area contributed by atoms with E-state index in [-0.39, 0.29) is 24.8 Å². The number of nitrogens with zero attached hydrogens (tertiary/aromatic N) is 4. The van der Waals surface area contributed by atoms with Crippen LogP contribution in [0.4, 0.5) is 10.5 Å². The highest BCUT2D eigenvalue weighted by atomic mass is 16.7. The quantitative estimate of drug-likeness (QED) is 0.570. The maximum atomic E-state index is 14.6. The molecule has 0 aromatic heterocycles. The lowest BCUT2D eigenvalue weighted by molar-refractivity contribution is -0.122. The molecule has 5 aliphatic rings. The lowest BCUT2D eigenvalue weighted by Gasteiger charge is -2.40. The molecule has 3 N–H and O–H groups in total. The van der Waals surface area contributed by atoms with Crippen LogP contribution in [-0.4, -0.2) is 66.7 Å². The third kappa shape index (κ3) is 3.34. The summed E-state index contributed by atoms with van der Waals surface area (Å²) in [5.41, 5.74) is 8.64. The number of para-hydroxylation sites is 1. The zero-order chi connectivity index (χ0) is 26.0. The van der Waals surface area contributed by atoms with Gasteiger partial charge in [0, 0.05) is 36.9 Å². The maximum Gasteiger partial charge on any atom is 0.317 e. The summed E-state index contributed by atoms with van der Waals surface area (Å²) in [6.07, 6.45) is 1.71. The molecule has 1 atom stereocenters. The smallest absolute Gasteiger partial charge is 0.317 e. The lowest BCUT2D eigenvalue weighted by atomic mass is 9.71. The van der Waals surface area contributed by atoms with Gasteiger partial charge < -0.3 is 24.6 Å².